The average Bonchev–Trinajstić information content (AvgIpc) is 3.36. The number of fused-ring (bicyclic) bond motifs is 2. The van der Waals surface area contributed by atoms with Crippen molar-refractivity contribution in [3.63, 3.8) is 0 Å². The summed E-state index contributed by atoms with van der Waals surface area (Å²) in [7, 11) is 5.98. The molecule has 1 amide bonds. The monoisotopic (exact) mass is 342 g/mol. The van der Waals surface area contributed by atoms with E-state index in [2.05, 4.69) is 29.0 Å². The van der Waals surface area contributed by atoms with Crippen LogP contribution in [0, 0.1) is 5.92 Å². The molecule has 4 heteroatoms. The number of hydrogen-bond acceptors (Lipinski definition) is 3. The lowest BCUT2D eigenvalue weighted by molar-refractivity contribution is -0.133. The Kier molecular flexibility index (Phi) is 4.48. The first kappa shape index (κ1) is 16.9. The Hall–Kier alpha value is -1.55. The number of carbonyl (C=O) groups excluding carboxylic acids is 1. The first-order valence-corrected chi connectivity index (χ1v) is 9.68. The summed E-state index contributed by atoms with van der Waals surface area (Å²) >= 11 is 0. The Morgan fingerprint density at radius 3 is 2.40 bits per heavy atom. The number of methoxy groups -OCH3 is 1. The molecule has 2 heterocycles. The smallest absolute Gasteiger partial charge is 0.222 e. The van der Waals surface area contributed by atoms with E-state index in [1.165, 1.54) is 18.4 Å². The fourth-order valence-corrected chi connectivity index (χ4v) is 5.00. The van der Waals surface area contributed by atoms with E-state index < -0.39 is 0 Å². The van der Waals surface area contributed by atoms with Crippen molar-refractivity contribution in [3.8, 4) is 5.75 Å². The molecule has 136 valence electrons. The van der Waals surface area contributed by atoms with E-state index in [9.17, 15) is 4.79 Å². The van der Waals surface area contributed by atoms with Gasteiger partial charge in [-0.2, -0.15) is 0 Å². The second-order valence-corrected chi connectivity index (χ2v) is 8.26. The number of nitrogens with zero attached hydrogens (tertiary/aromatic N) is 2. The van der Waals surface area contributed by atoms with Crippen molar-refractivity contribution in [1.82, 2.24) is 9.80 Å². The second kappa shape index (κ2) is 6.64. The topological polar surface area (TPSA) is 32.8 Å². The van der Waals surface area contributed by atoms with Crippen molar-refractivity contribution in [1.29, 1.82) is 0 Å². The summed E-state index contributed by atoms with van der Waals surface area (Å²) in [5, 5.41) is 0. The van der Waals surface area contributed by atoms with Crippen LogP contribution in [0.2, 0.25) is 0 Å². The first-order valence-electron chi connectivity index (χ1n) is 9.68. The van der Waals surface area contributed by atoms with E-state index in [0.29, 0.717) is 42.3 Å². The molecule has 25 heavy (non-hydrogen) atoms. The normalized spacial score (nSPS) is 34.0. The minimum atomic E-state index is 0.343. The van der Waals surface area contributed by atoms with Gasteiger partial charge in [-0.05, 0) is 68.7 Å². The summed E-state index contributed by atoms with van der Waals surface area (Å²) in [5.74, 6) is 2.31. The van der Waals surface area contributed by atoms with Crippen LogP contribution in [0.5, 0.6) is 5.75 Å². The van der Waals surface area contributed by atoms with Gasteiger partial charge in [0.05, 0.1) is 7.11 Å². The molecule has 0 aromatic heterocycles. The Morgan fingerprint density at radius 2 is 1.80 bits per heavy atom. The molecule has 2 aliphatic heterocycles. The number of hydrogen-bond donors (Lipinski definition) is 0. The van der Waals surface area contributed by atoms with Crippen LogP contribution in [0.25, 0.3) is 0 Å². The molecule has 4 atom stereocenters. The Bertz CT molecular complexity index is 615. The summed E-state index contributed by atoms with van der Waals surface area (Å²) in [6.45, 7) is 0. The maximum Gasteiger partial charge on any atom is 0.222 e. The molecule has 3 fully saturated rings. The molecule has 1 aromatic carbocycles. The van der Waals surface area contributed by atoms with Gasteiger partial charge in [0.2, 0.25) is 5.91 Å². The largest absolute Gasteiger partial charge is 0.497 e. The van der Waals surface area contributed by atoms with Crippen molar-refractivity contribution in [2.24, 2.45) is 5.92 Å². The third-order valence-corrected chi connectivity index (χ3v) is 6.92. The third-order valence-electron chi connectivity index (χ3n) is 6.92. The highest BCUT2D eigenvalue weighted by molar-refractivity contribution is 5.77. The Labute approximate surface area is 151 Å². The quantitative estimate of drug-likeness (QED) is 0.823. The Balaban J connectivity index is 1.30. The highest BCUT2D eigenvalue weighted by atomic mass is 16.5. The predicted molar refractivity (Wildman–Crippen MR) is 98.8 cm³/mol. The molecule has 2 saturated heterocycles. The van der Waals surface area contributed by atoms with Crippen molar-refractivity contribution >= 4 is 5.91 Å². The van der Waals surface area contributed by atoms with Gasteiger partial charge in [0, 0.05) is 31.6 Å². The zero-order valence-electron chi connectivity index (χ0n) is 15.6. The zero-order chi connectivity index (χ0) is 17.6. The fraction of sp³-hybridized carbons (Fsp3) is 0.667. The molecule has 0 radical (unpaired) electrons. The van der Waals surface area contributed by atoms with Crippen LogP contribution < -0.4 is 4.74 Å². The van der Waals surface area contributed by atoms with Gasteiger partial charge in [-0.15, -0.1) is 0 Å². The van der Waals surface area contributed by atoms with Gasteiger partial charge in [-0.1, -0.05) is 12.1 Å². The van der Waals surface area contributed by atoms with Gasteiger partial charge in [-0.3, -0.25) is 4.79 Å². The SMILES string of the molecule is COc1ccc([C@@H]2C[C@H]2CC(=O)N(C)C2CC3CCC(C2)N3C)cc1. The summed E-state index contributed by atoms with van der Waals surface area (Å²) < 4.78 is 5.23. The van der Waals surface area contributed by atoms with Gasteiger partial charge in [0.15, 0.2) is 0 Å². The second-order valence-electron chi connectivity index (χ2n) is 8.26. The standard InChI is InChI=1S/C21H30N2O2/c1-22-16-6-7-17(22)13-18(12-16)23(2)21(24)11-15-10-20(15)14-4-8-19(25-3)9-5-14/h4-5,8-9,15-18,20H,6-7,10-13H2,1-3H3/t15-,16?,17?,18?,20-/m0/s1. The van der Waals surface area contributed by atoms with Gasteiger partial charge < -0.3 is 14.5 Å². The van der Waals surface area contributed by atoms with Crippen LogP contribution in [0.15, 0.2) is 24.3 Å². The van der Waals surface area contributed by atoms with E-state index >= 15 is 0 Å². The third kappa shape index (κ3) is 3.29. The molecular weight excluding hydrogens is 312 g/mol. The summed E-state index contributed by atoms with van der Waals surface area (Å²) in [6.07, 6.45) is 6.77. The lowest BCUT2D eigenvalue weighted by Crippen LogP contribution is -2.49. The van der Waals surface area contributed by atoms with Gasteiger partial charge in [0.1, 0.15) is 5.75 Å². The molecule has 1 aromatic rings. The van der Waals surface area contributed by atoms with Crippen LogP contribution >= 0.6 is 0 Å². The molecule has 4 nitrogen and oxygen atoms in total. The Morgan fingerprint density at radius 1 is 1.16 bits per heavy atom. The van der Waals surface area contributed by atoms with Crippen molar-refractivity contribution in [2.75, 3.05) is 21.2 Å². The van der Waals surface area contributed by atoms with Crippen molar-refractivity contribution in [3.05, 3.63) is 29.8 Å². The number of rotatable bonds is 5. The van der Waals surface area contributed by atoms with E-state index in [-0.39, 0.29) is 0 Å². The molecule has 4 rings (SSSR count). The van der Waals surface area contributed by atoms with Crippen LogP contribution in [0.1, 0.15) is 50.0 Å². The van der Waals surface area contributed by atoms with Crippen LogP contribution in [-0.4, -0.2) is 55.0 Å². The summed E-state index contributed by atoms with van der Waals surface area (Å²) in [5.41, 5.74) is 1.35. The maximum absolute atomic E-state index is 12.8. The van der Waals surface area contributed by atoms with E-state index in [1.54, 1.807) is 7.11 Å². The highest BCUT2D eigenvalue weighted by Gasteiger charge is 2.43. The summed E-state index contributed by atoms with van der Waals surface area (Å²) in [6, 6.07) is 10.1. The molecule has 2 bridgehead atoms. The van der Waals surface area contributed by atoms with Crippen LogP contribution in [0.3, 0.4) is 0 Å². The number of piperidine rings is 1. The van der Waals surface area contributed by atoms with E-state index in [4.69, 9.17) is 4.74 Å². The fourth-order valence-electron chi connectivity index (χ4n) is 5.00. The lowest BCUT2D eigenvalue weighted by Gasteiger charge is -2.40. The minimum Gasteiger partial charge on any atom is -0.497 e. The number of amides is 1. The van der Waals surface area contributed by atoms with Crippen molar-refractivity contribution < 1.29 is 9.53 Å². The molecule has 1 aliphatic carbocycles. The zero-order valence-corrected chi connectivity index (χ0v) is 15.6. The van der Waals surface area contributed by atoms with Crippen LogP contribution in [-0.2, 0) is 4.79 Å². The number of carbonyl (C=O) groups is 1. The molecule has 1 saturated carbocycles. The molecular formula is C21H30N2O2. The van der Waals surface area contributed by atoms with Crippen molar-refractivity contribution in [2.45, 2.75) is 62.6 Å². The number of benzene rings is 1. The molecule has 0 spiro atoms. The average molecular weight is 342 g/mol. The molecule has 0 N–H and O–H groups in total. The predicted octanol–water partition coefficient (Wildman–Crippen LogP) is 3.27. The number of ether oxygens (including phenoxy) is 1. The van der Waals surface area contributed by atoms with Gasteiger partial charge in [-0.25, -0.2) is 0 Å². The lowest BCUT2D eigenvalue weighted by atomic mass is 9.96. The maximum atomic E-state index is 12.8. The van der Waals surface area contributed by atoms with Gasteiger partial charge in [0.25, 0.3) is 0 Å². The van der Waals surface area contributed by atoms with E-state index in [1.807, 2.05) is 19.2 Å². The summed E-state index contributed by atoms with van der Waals surface area (Å²) in [4.78, 5) is 17.4. The highest BCUT2D eigenvalue weighted by Crippen LogP contribution is 2.50. The van der Waals surface area contributed by atoms with Crippen LogP contribution in [0.4, 0.5) is 0 Å². The first-order chi connectivity index (χ1) is 12.1. The molecule has 3 aliphatic rings. The van der Waals surface area contributed by atoms with E-state index in [0.717, 1.165) is 25.0 Å². The molecule has 2 unspecified atom stereocenters. The minimum absolute atomic E-state index is 0.343. The van der Waals surface area contributed by atoms with Gasteiger partial charge >= 0.3 is 0 Å².